The summed E-state index contributed by atoms with van der Waals surface area (Å²) in [6.07, 6.45) is 6.00. The lowest BCUT2D eigenvalue weighted by Crippen LogP contribution is -2.56. The molecule has 2 N–H and O–H groups in total. The summed E-state index contributed by atoms with van der Waals surface area (Å²) < 4.78 is 5.35. The molecule has 0 aromatic rings. The molecule has 0 spiro atoms. The van der Waals surface area contributed by atoms with Crippen molar-refractivity contribution < 1.29 is 19.1 Å². The highest BCUT2D eigenvalue weighted by Gasteiger charge is 2.60. The fraction of sp³-hybridized carbons (Fsp3) is 0.824. The van der Waals surface area contributed by atoms with Gasteiger partial charge in [-0.3, -0.25) is 14.9 Å². The average Bonchev–Trinajstić information content (AvgIpc) is 2.40. The van der Waals surface area contributed by atoms with Gasteiger partial charge in [0.1, 0.15) is 0 Å². The molecule has 3 amide bonds. The van der Waals surface area contributed by atoms with Gasteiger partial charge < -0.3 is 10.1 Å². The Bertz CT molecular complexity index is 549. The van der Waals surface area contributed by atoms with E-state index in [1.165, 1.54) is 6.42 Å². The van der Waals surface area contributed by atoms with Crippen LogP contribution in [0.4, 0.5) is 4.79 Å². The SMILES string of the molecule is CC(C)NC(=O)NC(=O)COC(=O)C12C[C@@H]3C[C@@H](CC(Br)(C3)C1)C2. The molecule has 0 saturated heterocycles. The first-order valence-corrected chi connectivity index (χ1v) is 9.45. The molecule has 4 aliphatic carbocycles. The molecule has 0 aromatic heterocycles. The van der Waals surface area contributed by atoms with Crippen molar-refractivity contribution in [3.8, 4) is 0 Å². The van der Waals surface area contributed by atoms with Crippen LogP contribution in [0, 0.1) is 17.3 Å². The zero-order valence-electron chi connectivity index (χ0n) is 14.2. The molecule has 6 nitrogen and oxygen atoms in total. The molecule has 0 aromatic carbocycles. The number of urea groups is 1. The minimum absolute atomic E-state index is 0.0650. The minimum atomic E-state index is -0.597. The smallest absolute Gasteiger partial charge is 0.321 e. The molecule has 4 fully saturated rings. The third kappa shape index (κ3) is 3.60. The number of rotatable bonds is 4. The first kappa shape index (κ1) is 17.7. The van der Waals surface area contributed by atoms with E-state index in [1.54, 1.807) is 13.8 Å². The van der Waals surface area contributed by atoms with Crippen LogP contribution >= 0.6 is 15.9 Å². The van der Waals surface area contributed by atoms with Crippen LogP contribution < -0.4 is 10.6 Å². The van der Waals surface area contributed by atoms with Gasteiger partial charge in [0, 0.05) is 10.4 Å². The average molecular weight is 401 g/mol. The number of esters is 1. The number of imide groups is 1. The summed E-state index contributed by atoms with van der Waals surface area (Å²) in [4.78, 5) is 35.9. The number of amides is 3. The largest absolute Gasteiger partial charge is 0.455 e. The van der Waals surface area contributed by atoms with Gasteiger partial charge in [0.2, 0.25) is 0 Å². The molecule has 7 heteroatoms. The molecule has 0 aliphatic heterocycles. The topological polar surface area (TPSA) is 84.5 Å². The van der Waals surface area contributed by atoms with Gasteiger partial charge in [-0.25, -0.2) is 4.79 Å². The molecule has 4 saturated carbocycles. The number of nitrogens with one attached hydrogen (secondary N) is 2. The normalized spacial score (nSPS) is 36.5. The highest BCUT2D eigenvalue weighted by Crippen LogP contribution is 2.64. The minimum Gasteiger partial charge on any atom is -0.455 e. The summed E-state index contributed by atoms with van der Waals surface area (Å²) in [6, 6.07) is -0.636. The maximum Gasteiger partial charge on any atom is 0.321 e. The molecule has 4 aliphatic rings. The fourth-order valence-corrected chi connectivity index (χ4v) is 6.59. The van der Waals surface area contributed by atoms with E-state index >= 15 is 0 Å². The van der Waals surface area contributed by atoms with E-state index in [0.29, 0.717) is 11.8 Å². The molecule has 4 rings (SSSR count). The van der Waals surface area contributed by atoms with E-state index in [2.05, 4.69) is 26.6 Å². The lowest BCUT2D eigenvalue weighted by atomic mass is 9.49. The maximum absolute atomic E-state index is 12.7. The Kier molecular flexibility index (Phi) is 4.66. The standard InChI is InChI=1S/C17H25BrN2O4/c1-10(2)19-15(23)20-13(21)8-24-14(22)16-4-11-3-12(5-16)7-17(18,6-11)9-16/h10-12H,3-9H2,1-2H3,(H2,19,20,21,23)/t11-,12+,16?,17?. The van der Waals surface area contributed by atoms with E-state index in [0.717, 1.165) is 32.1 Å². The van der Waals surface area contributed by atoms with Crippen molar-refractivity contribution in [1.82, 2.24) is 10.6 Å². The Morgan fingerprint density at radius 2 is 1.79 bits per heavy atom. The third-order valence-electron chi connectivity index (χ3n) is 5.43. The molecule has 24 heavy (non-hydrogen) atoms. The number of halogens is 1. The predicted molar refractivity (Wildman–Crippen MR) is 91.5 cm³/mol. The van der Waals surface area contributed by atoms with Gasteiger partial charge in [0.25, 0.3) is 5.91 Å². The number of alkyl halides is 1. The highest BCUT2D eigenvalue weighted by atomic mass is 79.9. The summed E-state index contributed by atoms with van der Waals surface area (Å²) in [5, 5.41) is 4.73. The van der Waals surface area contributed by atoms with Crippen molar-refractivity contribution in [1.29, 1.82) is 0 Å². The van der Waals surface area contributed by atoms with Crippen LogP contribution in [0.5, 0.6) is 0 Å². The van der Waals surface area contributed by atoms with Crippen LogP contribution in [-0.4, -0.2) is 34.9 Å². The Morgan fingerprint density at radius 3 is 2.33 bits per heavy atom. The van der Waals surface area contributed by atoms with Crippen molar-refractivity contribution in [2.45, 2.75) is 62.7 Å². The number of carbonyl (C=O) groups is 3. The second-order valence-corrected chi connectivity index (χ2v) is 9.83. The molecule has 0 radical (unpaired) electrons. The number of carbonyl (C=O) groups excluding carboxylic acids is 3. The van der Waals surface area contributed by atoms with E-state index < -0.39 is 24.0 Å². The number of ether oxygens (including phenoxy) is 1. The van der Waals surface area contributed by atoms with Gasteiger partial charge in [-0.15, -0.1) is 0 Å². The number of hydrogen-bond donors (Lipinski definition) is 2. The van der Waals surface area contributed by atoms with Gasteiger partial charge in [-0.05, 0) is 64.2 Å². The maximum atomic E-state index is 12.7. The zero-order valence-corrected chi connectivity index (χ0v) is 15.8. The Morgan fingerprint density at radius 1 is 1.17 bits per heavy atom. The Balaban J connectivity index is 1.54. The van der Waals surface area contributed by atoms with Crippen LogP contribution in [0.2, 0.25) is 0 Å². The summed E-state index contributed by atoms with van der Waals surface area (Å²) in [5.41, 5.74) is -0.450. The quantitative estimate of drug-likeness (QED) is 0.560. The van der Waals surface area contributed by atoms with E-state index in [-0.39, 0.29) is 16.3 Å². The van der Waals surface area contributed by atoms with Crippen LogP contribution in [0.1, 0.15) is 52.4 Å². The lowest BCUT2D eigenvalue weighted by molar-refractivity contribution is -0.171. The van der Waals surface area contributed by atoms with E-state index in [4.69, 9.17) is 4.74 Å². The van der Waals surface area contributed by atoms with Gasteiger partial charge in [-0.1, -0.05) is 15.9 Å². The third-order valence-corrected chi connectivity index (χ3v) is 6.36. The summed E-state index contributed by atoms with van der Waals surface area (Å²) in [5.74, 6) is 0.271. The Hall–Kier alpha value is -1.11. The van der Waals surface area contributed by atoms with Crippen LogP contribution in [-0.2, 0) is 14.3 Å². The second kappa shape index (κ2) is 6.32. The molecule has 2 unspecified atom stereocenters. The summed E-state index contributed by atoms with van der Waals surface area (Å²) >= 11 is 3.86. The van der Waals surface area contributed by atoms with Crippen molar-refractivity contribution >= 4 is 33.8 Å². The van der Waals surface area contributed by atoms with E-state index in [1.807, 2.05) is 0 Å². The van der Waals surface area contributed by atoms with Crippen molar-refractivity contribution in [2.75, 3.05) is 6.61 Å². The molecular formula is C17H25BrN2O4. The highest BCUT2D eigenvalue weighted by molar-refractivity contribution is 9.10. The van der Waals surface area contributed by atoms with Crippen molar-refractivity contribution in [2.24, 2.45) is 17.3 Å². The number of hydrogen-bond acceptors (Lipinski definition) is 4. The molecule has 134 valence electrons. The lowest BCUT2D eigenvalue weighted by Gasteiger charge is -2.58. The molecular weight excluding hydrogens is 376 g/mol. The van der Waals surface area contributed by atoms with Crippen LogP contribution in [0.15, 0.2) is 0 Å². The zero-order chi connectivity index (χ0) is 17.5. The van der Waals surface area contributed by atoms with Gasteiger partial charge in [0.15, 0.2) is 6.61 Å². The fourth-order valence-electron chi connectivity index (χ4n) is 5.13. The van der Waals surface area contributed by atoms with Gasteiger partial charge in [-0.2, -0.15) is 0 Å². The summed E-state index contributed by atoms with van der Waals surface area (Å²) in [7, 11) is 0. The van der Waals surface area contributed by atoms with Gasteiger partial charge >= 0.3 is 12.0 Å². The van der Waals surface area contributed by atoms with Crippen LogP contribution in [0.3, 0.4) is 0 Å². The first-order valence-electron chi connectivity index (χ1n) is 8.66. The van der Waals surface area contributed by atoms with Crippen molar-refractivity contribution in [3.63, 3.8) is 0 Å². The van der Waals surface area contributed by atoms with Crippen molar-refractivity contribution in [3.05, 3.63) is 0 Å². The summed E-state index contributed by atoms with van der Waals surface area (Å²) in [6.45, 7) is 3.19. The van der Waals surface area contributed by atoms with Gasteiger partial charge in [0.05, 0.1) is 5.41 Å². The molecule has 0 heterocycles. The molecule has 4 bridgehead atoms. The van der Waals surface area contributed by atoms with E-state index in [9.17, 15) is 14.4 Å². The van der Waals surface area contributed by atoms with Crippen LogP contribution in [0.25, 0.3) is 0 Å². The predicted octanol–water partition coefficient (Wildman–Crippen LogP) is 2.50. The second-order valence-electron chi connectivity index (χ2n) is 8.14. The first-order chi connectivity index (χ1) is 11.2. The Labute approximate surface area is 150 Å². The molecule has 4 atom stereocenters. The monoisotopic (exact) mass is 400 g/mol.